The molecule has 0 saturated carbocycles. The van der Waals surface area contributed by atoms with E-state index in [9.17, 15) is 0 Å². The molecule has 0 amide bonds. The van der Waals surface area contributed by atoms with E-state index >= 15 is 0 Å². The van der Waals surface area contributed by atoms with Gasteiger partial charge in [0.1, 0.15) is 6.33 Å². The van der Waals surface area contributed by atoms with Crippen LogP contribution in [0, 0.1) is 14.0 Å². The lowest BCUT2D eigenvalue weighted by Gasteiger charge is -1.95. The van der Waals surface area contributed by atoms with Gasteiger partial charge in [0.2, 0.25) is 5.82 Å². The van der Waals surface area contributed by atoms with Crippen molar-refractivity contribution in [3.05, 3.63) is 25.1 Å². The first kappa shape index (κ1) is 6.16. The predicted molar refractivity (Wildman–Crippen MR) is 33.7 cm³/mol. The van der Waals surface area contributed by atoms with Crippen LogP contribution in [0.3, 0.4) is 0 Å². The van der Waals surface area contributed by atoms with Crippen molar-refractivity contribution in [1.82, 2.24) is 9.97 Å². The van der Waals surface area contributed by atoms with Gasteiger partial charge in [0.25, 0.3) is 0 Å². The number of rotatable bonds is 1. The normalized spacial score (nSPS) is 9.56. The molecule has 1 heterocycles. The summed E-state index contributed by atoms with van der Waals surface area (Å²) in [7, 11) is 3.58. The number of hydrogen-bond donors (Lipinski definition) is 1. The summed E-state index contributed by atoms with van der Waals surface area (Å²) in [6.45, 7) is 1.93. The highest BCUT2D eigenvalue weighted by Crippen LogP contribution is 1.93. The Morgan fingerprint density at radius 1 is 1.56 bits per heavy atom. The van der Waals surface area contributed by atoms with Crippen molar-refractivity contribution in [3.63, 3.8) is 0 Å². The lowest BCUT2D eigenvalue weighted by molar-refractivity contribution is -0.509. The zero-order chi connectivity index (χ0) is 6.69. The van der Waals surface area contributed by atoms with Crippen LogP contribution in [0.25, 0.3) is 0 Å². The molecule has 0 aromatic carbocycles. The molecule has 0 bridgehead atoms. The summed E-state index contributed by atoms with van der Waals surface area (Å²) >= 11 is 0. The number of quaternary nitrogens is 1. The molecule has 2 N–H and O–H groups in total. The molecule has 0 atom stereocenters. The number of aryl methyl sites for hydroxylation is 1. The monoisotopic (exact) mass is 123 g/mol. The summed E-state index contributed by atoms with van der Waals surface area (Å²) in [5, 5.41) is 1.70. The first-order chi connectivity index (χ1) is 4.33. The molecule has 1 aromatic heterocycles. The van der Waals surface area contributed by atoms with Gasteiger partial charge in [0, 0.05) is 11.8 Å². The summed E-state index contributed by atoms with van der Waals surface area (Å²) in [5.41, 5.74) is 0.972. The van der Waals surface area contributed by atoms with Crippen molar-refractivity contribution in [3.8, 4) is 0 Å². The second-order valence-corrected chi connectivity index (χ2v) is 1.79. The first-order valence-corrected chi connectivity index (χ1v) is 2.74. The maximum atomic E-state index is 3.93. The van der Waals surface area contributed by atoms with Gasteiger partial charge in [-0.05, 0) is 6.92 Å². The van der Waals surface area contributed by atoms with Crippen molar-refractivity contribution < 1.29 is 5.32 Å². The third-order valence-electron chi connectivity index (χ3n) is 1.03. The average molecular weight is 123 g/mol. The molecule has 0 spiro atoms. The van der Waals surface area contributed by atoms with E-state index in [-0.39, 0.29) is 0 Å². The second kappa shape index (κ2) is 2.55. The molecule has 0 aliphatic rings. The van der Waals surface area contributed by atoms with Crippen LogP contribution >= 0.6 is 0 Å². The molecule has 3 heteroatoms. The molecule has 0 fully saturated rings. The number of nitrogens with two attached hydrogens (primary N) is 1. The Kier molecular flexibility index (Phi) is 1.75. The highest BCUT2D eigenvalue weighted by Gasteiger charge is 1.89. The van der Waals surface area contributed by atoms with E-state index in [0.717, 1.165) is 11.5 Å². The molecule has 0 aliphatic carbocycles. The lowest BCUT2D eigenvalue weighted by atomic mass is 10.4. The fourth-order valence-corrected chi connectivity index (χ4v) is 0.587. The number of aromatic nitrogens is 2. The van der Waals surface area contributed by atoms with E-state index in [1.165, 1.54) is 6.33 Å². The molecule has 3 nitrogen and oxygen atoms in total. The van der Waals surface area contributed by atoms with Crippen LogP contribution in [0.5, 0.6) is 0 Å². The minimum atomic E-state index is 0.877. The summed E-state index contributed by atoms with van der Waals surface area (Å²) in [4.78, 5) is 7.86. The minimum Gasteiger partial charge on any atom is -0.429 e. The van der Waals surface area contributed by atoms with Gasteiger partial charge in [-0.15, -0.1) is 7.05 Å². The quantitative estimate of drug-likeness (QED) is 0.524. The number of nitrogens with zero attached hydrogens (tertiary/aromatic N) is 2. The highest BCUT2D eigenvalue weighted by molar-refractivity contribution is 5.17. The first-order valence-electron chi connectivity index (χ1n) is 2.74. The summed E-state index contributed by atoms with van der Waals surface area (Å²) in [6.07, 6.45) is 1.53. The average Bonchev–Trinajstić information content (AvgIpc) is 1.88. The van der Waals surface area contributed by atoms with Gasteiger partial charge in [-0.2, -0.15) is 4.98 Å². The summed E-state index contributed by atoms with van der Waals surface area (Å²) in [5.74, 6) is 0.877. The Hall–Kier alpha value is -0.960. The minimum absolute atomic E-state index is 0.877. The molecule has 0 unspecified atom stereocenters. The lowest BCUT2D eigenvalue weighted by Crippen LogP contribution is -2.70. The fourth-order valence-electron chi connectivity index (χ4n) is 0.587. The smallest absolute Gasteiger partial charge is 0.201 e. The van der Waals surface area contributed by atoms with Crippen molar-refractivity contribution in [2.24, 2.45) is 0 Å². The van der Waals surface area contributed by atoms with Crippen molar-refractivity contribution in [1.29, 1.82) is 0 Å². The zero-order valence-electron chi connectivity index (χ0n) is 5.33. The molecule has 0 aliphatic heterocycles. The molecule has 9 heavy (non-hydrogen) atoms. The Labute approximate surface area is 54.2 Å². The second-order valence-electron chi connectivity index (χ2n) is 1.79. The molecule has 0 radical (unpaired) electrons. The Morgan fingerprint density at radius 2 is 2.33 bits per heavy atom. The predicted octanol–water partition coefficient (Wildman–Crippen LogP) is -0.228. The third kappa shape index (κ3) is 1.47. The van der Waals surface area contributed by atoms with E-state index in [2.05, 4.69) is 17.0 Å². The van der Waals surface area contributed by atoms with Crippen molar-refractivity contribution in [2.45, 2.75) is 6.92 Å². The van der Waals surface area contributed by atoms with E-state index in [1.807, 2.05) is 13.0 Å². The van der Waals surface area contributed by atoms with E-state index in [4.69, 9.17) is 0 Å². The molecular weight excluding hydrogens is 114 g/mol. The standard InChI is InChI=1S/C6H9N3/c1-5-3-6(7-2)9-4-8-5/h3-4H,2,7H2,1H3. The highest BCUT2D eigenvalue weighted by atomic mass is 15.0. The fraction of sp³-hybridized carbons (Fsp3) is 0.167. The Balaban J connectivity index is 2.94. The van der Waals surface area contributed by atoms with Crippen LogP contribution < -0.4 is 5.32 Å². The van der Waals surface area contributed by atoms with Crippen molar-refractivity contribution >= 4 is 5.82 Å². The van der Waals surface area contributed by atoms with E-state index < -0.39 is 0 Å². The van der Waals surface area contributed by atoms with Gasteiger partial charge in [-0.3, -0.25) is 0 Å². The molecular formula is C6H9N3. The molecule has 48 valence electrons. The van der Waals surface area contributed by atoms with Crippen LogP contribution in [0.2, 0.25) is 0 Å². The molecule has 1 aromatic rings. The van der Waals surface area contributed by atoms with Gasteiger partial charge in [-0.25, -0.2) is 4.98 Å². The van der Waals surface area contributed by atoms with E-state index in [1.54, 1.807) is 5.32 Å². The summed E-state index contributed by atoms with van der Waals surface area (Å²) in [6, 6.07) is 1.88. The number of hydrogen-bond acceptors (Lipinski definition) is 2. The van der Waals surface area contributed by atoms with Crippen molar-refractivity contribution in [2.75, 3.05) is 0 Å². The maximum absolute atomic E-state index is 3.93. The van der Waals surface area contributed by atoms with Gasteiger partial charge in [0.15, 0.2) is 0 Å². The Morgan fingerprint density at radius 3 is 2.78 bits per heavy atom. The summed E-state index contributed by atoms with van der Waals surface area (Å²) < 4.78 is 0. The molecule has 0 saturated heterocycles. The third-order valence-corrected chi connectivity index (χ3v) is 1.03. The molecule has 1 rings (SSSR count). The zero-order valence-corrected chi connectivity index (χ0v) is 5.33. The van der Waals surface area contributed by atoms with Crippen LogP contribution in [-0.4, -0.2) is 9.97 Å². The van der Waals surface area contributed by atoms with Crippen LogP contribution in [0.4, 0.5) is 5.82 Å². The maximum Gasteiger partial charge on any atom is 0.201 e. The SMILES string of the molecule is [CH2-][NH2+]c1cc(C)ncn1. The van der Waals surface area contributed by atoms with E-state index in [0.29, 0.717) is 0 Å². The van der Waals surface area contributed by atoms with Gasteiger partial charge >= 0.3 is 0 Å². The van der Waals surface area contributed by atoms with Gasteiger partial charge in [-0.1, -0.05) is 0 Å². The topological polar surface area (TPSA) is 42.4 Å². The van der Waals surface area contributed by atoms with Gasteiger partial charge < -0.3 is 5.32 Å². The van der Waals surface area contributed by atoms with Gasteiger partial charge in [0.05, 0.1) is 0 Å². The Bertz CT molecular complexity index is 197. The van der Waals surface area contributed by atoms with Crippen LogP contribution in [-0.2, 0) is 0 Å². The van der Waals surface area contributed by atoms with Crippen LogP contribution in [0.15, 0.2) is 12.4 Å². The van der Waals surface area contributed by atoms with Crippen LogP contribution in [0.1, 0.15) is 5.69 Å². The largest absolute Gasteiger partial charge is 0.429 e.